The van der Waals surface area contributed by atoms with Gasteiger partial charge in [-0.15, -0.1) is 0 Å². The van der Waals surface area contributed by atoms with Crippen LogP contribution in [-0.2, 0) is 13.6 Å². The second-order valence-corrected chi connectivity index (χ2v) is 6.70. The van der Waals surface area contributed by atoms with Crippen molar-refractivity contribution in [1.82, 2.24) is 24.6 Å². The molecule has 3 heterocycles. The van der Waals surface area contributed by atoms with Crippen molar-refractivity contribution in [2.24, 2.45) is 7.05 Å². The van der Waals surface area contributed by atoms with Crippen LogP contribution in [0.1, 0.15) is 36.1 Å². The van der Waals surface area contributed by atoms with E-state index in [0.717, 1.165) is 43.2 Å². The molecule has 4 rings (SSSR count). The van der Waals surface area contributed by atoms with E-state index >= 15 is 0 Å². The Morgan fingerprint density at radius 1 is 1.15 bits per heavy atom. The van der Waals surface area contributed by atoms with Gasteiger partial charge in [0.1, 0.15) is 11.6 Å². The zero-order chi connectivity index (χ0) is 17.9. The Morgan fingerprint density at radius 2 is 2.00 bits per heavy atom. The molecule has 134 valence electrons. The average Bonchev–Trinajstić information content (AvgIpc) is 3.25. The van der Waals surface area contributed by atoms with Crippen LogP contribution in [0.15, 0.2) is 48.7 Å². The summed E-state index contributed by atoms with van der Waals surface area (Å²) in [5.41, 5.74) is 2.12. The van der Waals surface area contributed by atoms with E-state index in [-0.39, 0.29) is 6.04 Å². The number of aryl methyl sites for hydroxylation is 2. The third kappa shape index (κ3) is 3.60. The maximum Gasteiger partial charge on any atom is 0.222 e. The molecule has 0 bridgehead atoms. The number of rotatable bonds is 5. The van der Waals surface area contributed by atoms with Crippen LogP contribution in [0.25, 0.3) is 0 Å². The van der Waals surface area contributed by atoms with Gasteiger partial charge < -0.3 is 4.74 Å². The van der Waals surface area contributed by atoms with Gasteiger partial charge in [0.25, 0.3) is 0 Å². The molecule has 0 N–H and O–H groups in total. The Balaban J connectivity index is 1.57. The molecule has 1 fully saturated rings. The number of nitrogens with zero attached hydrogens (tertiary/aromatic N) is 5. The smallest absolute Gasteiger partial charge is 0.222 e. The van der Waals surface area contributed by atoms with E-state index < -0.39 is 0 Å². The van der Waals surface area contributed by atoms with Gasteiger partial charge in [-0.2, -0.15) is 10.1 Å². The number of aromatic nitrogens is 4. The van der Waals surface area contributed by atoms with Gasteiger partial charge in [-0.25, -0.2) is 4.98 Å². The van der Waals surface area contributed by atoms with Crippen molar-refractivity contribution in [1.29, 1.82) is 0 Å². The van der Waals surface area contributed by atoms with Crippen LogP contribution in [-0.4, -0.2) is 31.2 Å². The number of para-hydroxylation sites is 1. The molecule has 2 aromatic heterocycles. The standard InChI is InChI=1S/C20H23N5O/c1-15-13-19(26-17-7-4-3-5-8-17)23-20(22-15)18-9-6-12-25(18)14-16-10-11-21-24(16)2/h3-5,7-8,10-11,13,18H,6,9,12,14H2,1-2H3/t18-/m1/s1. The SMILES string of the molecule is Cc1cc(Oc2ccccc2)nc([C@H]2CCCN2Cc2ccnn2C)n1. The fourth-order valence-corrected chi connectivity index (χ4v) is 3.44. The lowest BCUT2D eigenvalue weighted by molar-refractivity contribution is 0.232. The minimum absolute atomic E-state index is 0.211. The van der Waals surface area contributed by atoms with E-state index in [4.69, 9.17) is 14.7 Å². The van der Waals surface area contributed by atoms with Crippen molar-refractivity contribution < 1.29 is 4.74 Å². The summed E-state index contributed by atoms with van der Waals surface area (Å²) in [6.07, 6.45) is 4.05. The highest BCUT2D eigenvalue weighted by Crippen LogP contribution is 2.32. The summed E-state index contributed by atoms with van der Waals surface area (Å²) in [4.78, 5) is 11.8. The molecule has 1 aromatic carbocycles. The van der Waals surface area contributed by atoms with Crippen molar-refractivity contribution in [3.63, 3.8) is 0 Å². The van der Waals surface area contributed by atoms with E-state index in [1.54, 1.807) is 0 Å². The zero-order valence-corrected chi connectivity index (χ0v) is 15.2. The van der Waals surface area contributed by atoms with E-state index in [1.807, 2.05) is 61.2 Å². The average molecular weight is 349 g/mol. The Labute approximate surface area is 153 Å². The Kier molecular flexibility index (Phi) is 4.67. The maximum absolute atomic E-state index is 5.94. The molecular formula is C20H23N5O. The highest BCUT2D eigenvalue weighted by molar-refractivity contribution is 5.27. The van der Waals surface area contributed by atoms with Crippen LogP contribution in [0.5, 0.6) is 11.6 Å². The number of ether oxygens (including phenoxy) is 1. The molecule has 0 amide bonds. The second kappa shape index (κ2) is 7.25. The van der Waals surface area contributed by atoms with Gasteiger partial charge in [0, 0.05) is 31.5 Å². The number of hydrogen-bond donors (Lipinski definition) is 0. The first-order valence-electron chi connectivity index (χ1n) is 8.98. The minimum atomic E-state index is 0.211. The van der Waals surface area contributed by atoms with Crippen molar-refractivity contribution in [3.8, 4) is 11.6 Å². The van der Waals surface area contributed by atoms with Gasteiger partial charge in [-0.05, 0) is 44.5 Å². The summed E-state index contributed by atoms with van der Waals surface area (Å²) in [6.45, 7) is 3.89. The lowest BCUT2D eigenvalue weighted by Gasteiger charge is -2.23. The molecule has 26 heavy (non-hydrogen) atoms. The van der Waals surface area contributed by atoms with Crippen molar-refractivity contribution >= 4 is 0 Å². The quantitative estimate of drug-likeness (QED) is 0.704. The lowest BCUT2D eigenvalue weighted by atomic mass is 10.2. The molecule has 1 aliphatic heterocycles. The third-order valence-corrected chi connectivity index (χ3v) is 4.76. The number of hydrogen-bond acceptors (Lipinski definition) is 5. The normalized spacial score (nSPS) is 17.5. The van der Waals surface area contributed by atoms with Crippen LogP contribution in [0.2, 0.25) is 0 Å². The number of likely N-dealkylation sites (tertiary alicyclic amines) is 1. The van der Waals surface area contributed by atoms with Crippen molar-refractivity contribution in [2.75, 3.05) is 6.54 Å². The fourth-order valence-electron chi connectivity index (χ4n) is 3.44. The zero-order valence-electron chi connectivity index (χ0n) is 15.2. The number of benzene rings is 1. The van der Waals surface area contributed by atoms with Gasteiger partial charge in [-0.3, -0.25) is 9.58 Å². The van der Waals surface area contributed by atoms with Gasteiger partial charge >= 0.3 is 0 Å². The summed E-state index contributed by atoms with van der Waals surface area (Å²) >= 11 is 0. The maximum atomic E-state index is 5.94. The highest BCUT2D eigenvalue weighted by atomic mass is 16.5. The molecule has 0 unspecified atom stereocenters. The summed E-state index contributed by atoms with van der Waals surface area (Å²) < 4.78 is 7.86. The first-order valence-corrected chi connectivity index (χ1v) is 8.98. The second-order valence-electron chi connectivity index (χ2n) is 6.70. The van der Waals surface area contributed by atoms with Gasteiger partial charge in [0.15, 0.2) is 0 Å². The van der Waals surface area contributed by atoms with Crippen molar-refractivity contribution in [2.45, 2.75) is 32.4 Å². The van der Waals surface area contributed by atoms with Crippen LogP contribution < -0.4 is 4.74 Å². The van der Waals surface area contributed by atoms with Crippen LogP contribution in [0.4, 0.5) is 0 Å². The predicted octanol–water partition coefficient (Wildman–Crippen LogP) is 3.65. The van der Waals surface area contributed by atoms with E-state index in [9.17, 15) is 0 Å². The summed E-state index contributed by atoms with van der Waals surface area (Å²) in [5.74, 6) is 2.23. The summed E-state index contributed by atoms with van der Waals surface area (Å²) in [5, 5.41) is 4.27. The molecule has 1 saturated heterocycles. The molecule has 0 radical (unpaired) electrons. The molecule has 1 atom stereocenters. The van der Waals surface area contributed by atoms with Crippen molar-refractivity contribution in [3.05, 3.63) is 65.9 Å². The molecule has 0 aliphatic carbocycles. The van der Waals surface area contributed by atoms with E-state index in [2.05, 4.69) is 16.1 Å². The predicted molar refractivity (Wildman–Crippen MR) is 98.9 cm³/mol. The lowest BCUT2D eigenvalue weighted by Crippen LogP contribution is -2.25. The third-order valence-electron chi connectivity index (χ3n) is 4.76. The van der Waals surface area contributed by atoms with Crippen LogP contribution in [0, 0.1) is 6.92 Å². The molecule has 3 aromatic rings. The largest absolute Gasteiger partial charge is 0.439 e. The highest BCUT2D eigenvalue weighted by Gasteiger charge is 2.29. The molecule has 1 aliphatic rings. The Bertz CT molecular complexity index is 877. The topological polar surface area (TPSA) is 56.1 Å². The Hall–Kier alpha value is -2.73. The van der Waals surface area contributed by atoms with E-state index in [0.29, 0.717) is 5.88 Å². The first-order chi connectivity index (χ1) is 12.7. The molecule has 6 heteroatoms. The van der Waals surface area contributed by atoms with Gasteiger partial charge in [-0.1, -0.05) is 18.2 Å². The fraction of sp³-hybridized carbons (Fsp3) is 0.350. The van der Waals surface area contributed by atoms with E-state index in [1.165, 1.54) is 5.69 Å². The minimum Gasteiger partial charge on any atom is -0.439 e. The molecule has 0 saturated carbocycles. The molecule has 6 nitrogen and oxygen atoms in total. The molecular weight excluding hydrogens is 326 g/mol. The summed E-state index contributed by atoms with van der Waals surface area (Å²) in [7, 11) is 1.98. The van der Waals surface area contributed by atoms with Gasteiger partial charge in [0.2, 0.25) is 5.88 Å². The summed E-state index contributed by atoms with van der Waals surface area (Å²) in [6, 6.07) is 13.9. The van der Waals surface area contributed by atoms with Crippen LogP contribution in [0.3, 0.4) is 0 Å². The Morgan fingerprint density at radius 3 is 2.77 bits per heavy atom. The van der Waals surface area contributed by atoms with Gasteiger partial charge in [0.05, 0.1) is 11.7 Å². The van der Waals surface area contributed by atoms with Crippen LogP contribution >= 0.6 is 0 Å². The first kappa shape index (κ1) is 16.7. The molecule has 0 spiro atoms. The monoisotopic (exact) mass is 349 g/mol.